The molecule has 1 aromatic rings. The Kier molecular flexibility index (Phi) is 7.74. The Morgan fingerprint density at radius 3 is 2.57 bits per heavy atom. The molecule has 0 saturated carbocycles. The number of carbonyl (C=O) groups is 2. The molecule has 2 N–H and O–H groups in total. The van der Waals surface area contributed by atoms with Crippen molar-refractivity contribution < 1.29 is 24.5 Å². The number of ether oxygens (including phenoxy) is 1. The highest BCUT2D eigenvalue weighted by atomic mass is 16.5. The summed E-state index contributed by atoms with van der Waals surface area (Å²) in [5, 5.41) is 20.6. The van der Waals surface area contributed by atoms with Gasteiger partial charge in [-0.3, -0.25) is 14.6 Å². The van der Waals surface area contributed by atoms with Crippen molar-refractivity contribution in [2.45, 2.75) is 50.7 Å². The average Bonchev–Trinajstić information content (AvgIpc) is 2.78. The van der Waals surface area contributed by atoms with Crippen LogP contribution in [0.3, 0.4) is 0 Å². The largest absolute Gasteiger partial charge is 0.462 e. The highest BCUT2D eigenvalue weighted by molar-refractivity contribution is 5.91. The summed E-state index contributed by atoms with van der Waals surface area (Å²) < 4.78 is 5.44. The second-order valence-electron chi connectivity index (χ2n) is 8.45. The fourth-order valence-corrected chi connectivity index (χ4v) is 4.16. The molecule has 166 valence electrons. The zero-order chi connectivity index (χ0) is 21.6. The Balaban J connectivity index is 1.73. The van der Waals surface area contributed by atoms with Crippen LogP contribution in [-0.2, 0) is 9.53 Å². The van der Waals surface area contributed by atoms with Crippen LogP contribution in [0.2, 0.25) is 0 Å². The number of aromatic nitrogens is 2. The third kappa shape index (κ3) is 5.53. The minimum absolute atomic E-state index is 0.181. The topological polar surface area (TPSA) is 116 Å². The van der Waals surface area contributed by atoms with Crippen molar-refractivity contribution in [3.05, 3.63) is 24.3 Å². The number of nitrogens with zero attached hydrogens (tertiary/aromatic N) is 4. The van der Waals surface area contributed by atoms with Crippen molar-refractivity contribution in [2.75, 3.05) is 39.8 Å². The summed E-state index contributed by atoms with van der Waals surface area (Å²) in [6.45, 7) is 2.16. The van der Waals surface area contributed by atoms with Crippen LogP contribution in [0.25, 0.3) is 0 Å². The number of aliphatic hydroxyl groups is 2. The van der Waals surface area contributed by atoms with E-state index in [-0.39, 0.29) is 37.1 Å². The van der Waals surface area contributed by atoms with Gasteiger partial charge in [0.05, 0.1) is 17.7 Å². The van der Waals surface area contributed by atoms with E-state index in [1.807, 2.05) is 7.05 Å². The van der Waals surface area contributed by atoms with Gasteiger partial charge in [0.25, 0.3) is 5.91 Å². The zero-order valence-electron chi connectivity index (χ0n) is 17.6. The quantitative estimate of drug-likeness (QED) is 0.630. The summed E-state index contributed by atoms with van der Waals surface area (Å²) in [5.41, 5.74) is -0.313. The minimum Gasteiger partial charge on any atom is -0.462 e. The smallest absolute Gasteiger partial charge is 0.312 e. The Morgan fingerprint density at radius 2 is 1.87 bits per heavy atom. The predicted octanol–water partition coefficient (Wildman–Crippen LogP) is 0.470. The van der Waals surface area contributed by atoms with Gasteiger partial charge >= 0.3 is 5.97 Å². The summed E-state index contributed by atoms with van der Waals surface area (Å²) in [4.78, 5) is 37.6. The van der Waals surface area contributed by atoms with Crippen LogP contribution in [0.4, 0.5) is 0 Å². The molecule has 0 radical (unpaired) electrons. The molecule has 2 atom stereocenters. The first-order valence-corrected chi connectivity index (χ1v) is 10.7. The lowest BCUT2D eigenvalue weighted by atomic mass is 9.74. The van der Waals surface area contributed by atoms with E-state index in [2.05, 4.69) is 14.9 Å². The molecular formula is C21H32N4O5. The van der Waals surface area contributed by atoms with Crippen LogP contribution in [0, 0.1) is 5.41 Å². The van der Waals surface area contributed by atoms with Gasteiger partial charge in [-0.25, -0.2) is 4.98 Å². The molecule has 2 fully saturated rings. The van der Waals surface area contributed by atoms with Crippen molar-refractivity contribution in [3.8, 4) is 0 Å². The monoisotopic (exact) mass is 420 g/mol. The van der Waals surface area contributed by atoms with Crippen molar-refractivity contribution in [3.63, 3.8) is 0 Å². The molecular weight excluding hydrogens is 388 g/mol. The van der Waals surface area contributed by atoms with Gasteiger partial charge in [-0.15, -0.1) is 0 Å². The van der Waals surface area contributed by atoms with Gasteiger partial charge in [0.1, 0.15) is 18.4 Å². The summed E-state index contributed by atoms with van der Waals surface area (Å²) in [7, 11) is 2.04. The second-order valence-corrected chi connectivity index (χ2v) is 8.45. The molecule has 0 aromatic carbocycles. The molecule has 1 aromatic heterocycles. The van der Waals surface area contributed by atoms with Crippen molar-refractivity contribution in [1.29, 1.82) is 0 Å². The lowest BCUT2D eigenvalue weighted by Gasteiger charge is -2.39. The lowest BCUT2D eigenvalue weighted by Crippen LogP contribution is -2.45. The standard InChI is InChI=1S/C21H32N4O5/c1-24-12-6-21(7-13-24)5-2-3-10-25(19(28)16-14-22-8-9-23-16)11-4-17(26)18(27)15-30-20(21)29/h8-9,14,17-18,26-27H,2-7,10-13,15H2,1H3/t17-,18+/m0/s1. The molecule has 2 saturated heterocycles. The molecule has 1 spiro atoms. The maximum atomic E-state index is 12.9. The highest BCUT2D eigenvalue weighted by Gasteiger charge is 2.42. The Morgan fingerprint density at radius 1 is 1.10 bits per heavy atom. The number of hydrogen-bond donors (Lipinski definition) is 2. The molecule has 30 heavy (non-hydrogen) atoms. The zero-order valence-corrected chi connectivity index (χ0v) is 17.6. The van der Waals surface area contributed by atoms with Gasteiger partial charge in [0.15, 0.2) is 0 Å². The van der Waals surface area contributed by atoms with E-state index in [0.29, 0.717) is 25.8 Å². The summed E-state index contributed by atoms with van der Waals surface area (Å²) in [6, 6.07) is 0. The molecule has 0 aliphatic carbocycles. The number of esters is 1. The molecule has 3 rings (SSSR count). The molecule has 0 bridgehead atoms. The summed E-state index contributed by atoms with van der Waals surface area (Å²) >= 11 is 0. The lowest BCUT2D eigenvalue weighted by molar-refractivity contribution is -0.164. The molecule has 2 aliphatic rings. The third-order valence-electron chi connectivity index (χ3n) is 6.30. The van der Waals surface area contributed by atoms with Crippen molar-refractivity contribution in [2.24, 2.45) is 5.41 Å². The fraction of sp³-hybridized carbons (Fsp3) is 0.714. The summed E-state index contributed by atoms with van der Waals surface area (Å²) in [5.74, 6) is -0.533. The van der Waals surface area contributed by atoms with E-state index in [0.717, 1.165) is 25.9 Å². The van der Waals surface area contributed by atoms with E-state index >= 15 is 0 Å². The van der Waals surface area contributed by atoms with Crippen molar-refractivity contribution >= 4 is 11.9 Å². The number of rotatable bonds is 1. The molecule has 0 unspecified atom stereocenters. The van der Waals surface area contributed by atoms with Crippen LogP contribution in [0.5, 0.6) is 0 Å². The number of likely N-dealkylation sites (tertiary alicyclic amines) is 1. The average molecular weight is 421 g/mol. The van der Waals surface area contributed by atoms with E-state index < -0.39 is 17.6 Å². The number of piperidine rings is 1. The first-order valence-electron chi connectivity index (χ1n) is 10.7. The number of amides is 1. The Bertz CT molecular complexity index is 709. The highest BCUT2D eigenvalue weighted by Crippen LogP contribution is 2.38. The third-order valence-corrected chi connectivity index (χ3v) is 6.30. The number of cyclic esters (lactones) is 1. The first kappa shape index (κ1) is 22.6. The van der Waals surface area contributed by atoms with Crippen LogP contribution in [0.1, 0.15) is 49.0 Å². The van der Waals surface area contributed by atoms with E-state index in [1.165, 1.54) is 18.6 Å². The Labute approximate surface area is 177 Å². The van der Waals surface area contributed by atoms with Crippen LogP contribution >= 0.6 is 0 Å². The SMILES string of the molecule is CN1CCC2(CCCCN(C(=O)c3cnccn3)CC[C@H](O)[C@H](O)COC2=O)CC1. The van der Waals surface area contributed by atoms with Gasteiger partial charge in [-0.05, 0) is 52.2 Å². The molecule has 1 amide bonds. The van der Waals surface area contributed by atoms with Crippen LogP contribution in [0.15, 0.2) is 18.6 Å². The molecule has 9 heteroatoms. The van der Waals surface area contributed by atoms with Crippen LogP contribution in [-0.4, -0.2) is 93.9 Å². The minimum atomic E-state index is -1.19. The van der Waals surface area contributed by atoms with Gasteiger partial charge in [-0.2, -0.15) is 0 Å². The maximum Gasteiger partial charge on any atom is 0.312 e. The first-order chi connectivity index (χ1) is 14.4. The Hall–Kier alpha value is -2.10. The number of hydrogen-bond acceptors (Lipinski definition) is 8. The summed E-state index contributed by atoms with van der Waals surface area (Å²) in [6.07, 6.45) is 5.93. The molecule has 9 nitrogen and oxygen atoms in total. The van der Waals surface area contributed by atoms with Crippen molar-refractivity contribution in [1.82, 2.24) is 19.8 Å². The van der Waals surface area contributed by atoms with Gasteiger partial charge in [-0.1, -0.05) is 6.42 Å². The normalized spacial score (nSPS) is 26.9. The van der Waals surface area contributed by atoms with Crippen LogP contribution < -0.4 is 0 Å². The molecule has 2 aliphatic heterocycles. The van der Waals surface area contributed by atoms with Gasteiger partial charge in [0.2, 0.25) is 0 Å². The number of carbonyl (C=O) groups excluding carboxylic acids is 2. The molecule has 3 heterocycles. The number of aliphatic hydroxyl groups excluding tert-OH is 2. The van der Waals surface area contributed by atoms with E-state index in [9.17, 15) is 19.8 Å². The second kappa shape index (κ2) is 10.3. The fourth-order valence-electron chi connectivity index (χ4n) is 4.16. The van der Waals surface area contributed by atoms with E-state index in [1.54, 1.807) is 4.90 Å². The van der Waals surface area contributed by atoms with Gasteiger partial charge in [0, 0.05) is 25.5 Å². The predicted molar refractivity (Wildman–Crippen MR) is 109 cm³/mol. The van der Waals surface area contributed by atoms with E-state index in [4.69, 9.17) is 4.74 Å². The van der Waals surface area contributed by atoms with Gasteiger partial charge < -0.3 is 24.7 Å². The maximum absolute atomic E-state index is 12.9.